The number of carbonyl (C=O) groups excluding carboxylic acids is 1. The van der Waals surface area contributed by atoms with Gasteiger partial charge in [0.15, 0.2) is 0 Å². The van der Waals surface area contributed by atoms with E-state index >= 15 is 0 Å². The minimum absolute atomic E-state index is 0.196. The Morgan fingerprint density at radius 3 is 3.04 bits per heavy atom. The molecule has 3 aliphatic rings. The number of hydrogen-bond donors (Lipinski definition) is 4. The molecule has 1 aromatic heterocycles. The molecule has 4 N–H and O–H groups in total. The van der Waals surface area contributed by atoms with Crippen molar-refractivity contribution in [1.29, 1.82) is 5.26 Å². The fourth-order valence-electron chi connectivity index (χ4n) is 3.93. The number of carbonyl (C=O) groups is 1. The van der Waals surface area contributed by atoms with Crippen LogP contribution in [0.25, 0.3) is 5.70 Å². The van der Waals surface area contributed by atoms with Crippen molar-refractivity contribution >= 4 is 11.7 Å². The van der Waals surface area contributed by atoms with Crippen molar-refractivity contribution in [3.8, 4) is 6.07 Å². The molecule has 2 unspecified atom stereocenters. The van der Waals surface area contributed by atoms with E-state index in [4.69, 9.17) is 0 Å². The lowest BCUT2D eigenvalue weighted by atomic mass is 9.90. The number of aromatic nitrogens is 2. The summed E-state index contributed by atoms with van der Waals surface area (Å²) in [5.74, 6) is 0. The monoisotopic (exact) mass is 340 g/mol. The normalized spacial score (nSPS) is 25.0. The van der Waals surface area contributed by atoms with Gasteiger partial charge in [0.1, 0.15) is 6.17 Å². The van der Waals surface area contributed by atoms with Crippen LogP contribution in [0.4, 0.5) is 4.79 Å². The first-order chi connectivity index (χ1) is 12.1. The standard InChI is InChI=1S/C17H20N6O2/c18-7-3-13(17(25)5-1-2-6-17)23-10-11(9-20-23)14-12-4-8-19-15(12)22-16(24)21-14/h4,8-10,13,15,19,25H,1-3,5-6H2,(H2,21,22,24). The van der Waals surface area contributed by atoms with Gasteiger partial charge in [-0.25, -0.2) is 4.79 Å². The Bertz CT molecular complexity index is 796. The molecule has 2 amide bonds. The van der Waals surface area contributed by atoms with Crippen LogP contribution in [0.2, 0.25) is 0 Å². The maximum absolute atomic E-state index is 11.9. The van der Waals surface area contributed by atoms with Crippen molar-refractivity contribution in [3.63, 3.8) is 0 Å². The summed E-state index contributed by atoms with van der Waals surface area (Å²) in [5, 5.41) is 33.2. The van der Waals surface area contributed by atoms with E-state index < -0.39 is 5.60 Å². The Morgan fingerprint density at radius 2 is 2.28 bits per heavy atom. The first kappa shape index (κ1) is 15.7. The highest BCUT2D eigenvalue weighted by molar-refractivity contribution is 5.91. The molecule has 0 bridgehead atoms. The van der Waals surface area contributed by atoms with Crippen LogP contribution < -0.4 is 16.0 Å². The van der Waals surface area contributed by atoms with Gasteiger partial charge in [0, 0.05) is 17.3 Å². The van der Waals surface area contributed by atoms with Gasteiger partial charge < -0.3 is 21.1 Å². The van der Waals surface area contributed by atoms with Crippen LogP contribution in [0.3, 0.4) is 0 Å². The molecule has 4 rings (SSSR count). The molecule has 1 fully saturated rings. The lowest BCUT2D eigenvalue weighted by molar-refractivity contribution is -0.00905. The maximum Gasteiger partial charge on any atom is 0.321 e. The topological polar surface area (TPSA) is 115 Å². The number of hydrogen-bond acceptors (Lipinski definition) is 5. The molecule has 25 heavy (non-hydrogen) atoms. The van der Waals surface area contributed by atoms with E-state index in [2.05, 4.69) is 27.1 Å². The van der Waals surface area contributed by atoms with Crippen molar-refractivity contribution < 1.29 is 9.90 Å². The van der Waals surface area contributed by atoms with Gasteiger partial charge in [-0.3, -0.25) is 4.68 Å². The average molecular weight is 340 g/mol. The summed E-state index contributed by atoms with van der Waals surface area (Å²) < 4.78 is 1.67. The van der Waals surface area contributed by atoms with Crippen LogP contribution in [0.5, 0.6) is 0 Å². The molecule has 0 aromatic carbocycles. The van der Waals surface area contributed by atoms with E-state index in [0.29, 0.717) is 18.5 Å². The first-order valence-corrected chi connectivity index (χ1v) is 8.49. The summed E-state index contributed by atoms with van der Waals surface area (Å²) in [4.78, 5) is 11.9. The van der Waals surface area contributed by atoms with Crippen molar-refractivity contribution in [2.75, 3.05) is 0 Å². The van der Waals surface area contributed by atoms with Gasteiger partial charge in [0.2, 0.25) is 0 Å². The summed E-state index contributed by atoms with van der Waals surface area (Å²) in [5.41, 5.74) is 1.48. The minimum atomic E-state index is -0.897. The number of nitrogens with one attached hydrogen (secondary N) is 3. The summed E-state index contributed by atoms with van der Waals surface area (Å²) >= 11 is 0. The zero-order valence-electron chi connectivity index (χ0n) is 13.7. The van der Waals surface area contributed by atoms with Crippen molar-refractivity contribution in [3.05, 3.63) is 35.8 Å². The highest BCUT2D eigenvalue weighted by Crippen LogP contribution is 2.40. The van der Waals surface area contributed by atoms with E-state index in [0.717, 1.165) is 24.0 Å². The molecule has 0 radical (unpaired) electrons. The molecule has 0 spiro atoms. The van der Waals surface area contributed by atoms with Gasteiger partial charge in [-0.2, -0.15) is 10.4 Å². The number of aliphatic hydroxyl groups is 1. The zero-order chi connectivity index (χ0) is 17.4. The predicted molar refractivity (Wildman–Crippen MR) is 89.6 cm³/mol. The largest absolute Gasteiger partial charge is 0.388 e. The summed E-state index contributed by atoms with van der Waals surface area (Å²) in [6.07, 6.45) is 10.4. The number of urea groups is 1. The molecule has 3 heterocycles. The zero-order valence-corrected chi connectivity index (χ0v) is 13.7. The molecule has 1 aliphatic carbocycles. The average Bonchev–Trinajstić information content (AvgIpc) is 3.32. The molecule has 1 aromatic rings. The van der Waals surface area contributed by atoms with Crippen LogP contribution in [-0.4, -0.2) is 32.7 Å². The maximum atomic E-state index is 11.9. The van der Waals surface area contributed by atoms with Crippen LogP contribution in [0.15, 0.2) is 30.2 Å². The van der Waals surface area contributed by atoms with Crippen molar-refractivity contribution in [2.45, 2.75) is 49.9 Å². The predicted octanol–water partition coefficient (Wildman–Crippen LogP) is 1.11. The van der Waals surface area contributed by atoms with Crippen LogP contribution >= 0.6 is 0 Å². The molecular weight excluding hydrogens is 320 g/mol. The van der Waals surface area contributed by atoms with Crippen LogP contribution in [0.1, 0.15) is 43.7 Å². The van der Waals surface area contributed by atoms with E-state index in [1.807, 2.05) is 6.08 Å². The Hall–Kier alpha value is -2.79. The fraction of sp³-hybridized carbons (Fsp3) is 0.471. The lowest BCUT2D eigenvalue weighted by Gasteiger charge is -2.31. The molecule has 130 valence electrons. The number of rotatable bonds is 4. The molecule has 0 saturated heterocycles. The van der Waals surface area contributed by atoms with Crippen molar-refractivity contribution in [2.24, 2.45) is 0 Å². The second kappa shape index (κ2) is 5.93. The minimum Gasteiger partial charge on any atom is -0.388 e. The van der Waals surface area contributed by atoms with Crippen LogP contribution in [-0.2, 0) is 0 Å². The molecule has 8 heteroatoms. The third-order valence-electron chi connectivity index (χ3n) is 5.22. The van der Waals surface area contributed by atoms with Gasteiger partial charge in [0.25, 0.3) is 0 Å². The third-order valence-corrected chi connectivity index (χ3v) is 5.22. The van der Waals surface area contributed by atoms with Gasteiger partial charge in [-0.1, -0.05) is 12.8 Å². The third kappa shape index (κ3) is 2.66. The highest BCUT2D eigenvalue weighted by Gasteiger charge is 2.41. The van der Waals surface area contributed by atoms with Crippen molar-refractivity contribution in [1.82, 2.24) is 25.7 Å². The first-order valence-electron chi connectivity index (χ1n) is 8.49. The summed E-state index contributed by atoms with van der Waals surface area (Å²) in [7, 11) is 0. The Kier molecular flexibility index (Phi) is 3.73. The Labute approximate surface area is 145 Å². The van der Waals surface area contributed by atoms with Gasteiger partial charge in [-0.05, 0) is 25.1 Å². The Balaban J connectivity index is 1.68. The quantitative estimate of drug-likeness (QED) is 0.655. The van der Waals surface area contributed by atoms with Gasteiger partial charge in [0.05, 0.1) is 36.0 Å². The SMILES string of the molecule is N#CCC(n1cc(C2=C3C=CNC3NC(=O)N2)cn1)C1(O)CCCC1. The summed E-state index contributed by atoms with van der Waals surface area (Å²) in [6, 6.07) is 1.50. The highest BCUT2D eigenvalue weighted by atomic mass is 16.3. The van der Waals surface area contributed by atoms with Gasteiger partial charge >= 0.3 is 6.03 Å². The van der Waals surface area contributed by atoms with Crippen LogP contribution in [0, 0.1) is 11.3 Å². The number of amides is 2. The lowest BCUT2D eigenvalue weighted by Crippen LogP contribution is -2.51. The van der Waals surface area contributed by atoms with E-state index in [1.165, 1.54) is 0 Å². The summed E-state index contributed by atoms with van der Waals surface area (Å²) in [6.45, 7) is 0. The molecular formula is C17H20N6O2. The molecule has 2 atom stereocenters. The smallest absolute Gasteiger partial charge is 0.321 e. The number of fused-ring (bicyclic) bond motifs is 1. The molecule has 8 nitrogen and oxygen atoms in total. The molecule has 2 aliphatic heterocycles. The van der Waals surface area contributed by atoms with E-state index in [-0.39, 0.29) is 24.7 Å². The van der Waals surface area contributed by atoms with Gasteiger partial charge in [-0.15, -0.1) is 0 Å². The van der Waals surface area contributed by atoms with E-state index in [9.17, 15) is 15.2 Å². The fourth-order valence-corrected chi connectivity index (χ4v) is 3.93. The molecule has 1 saturated carbocycles. The number of nitriles is 1. The van der Waals surface area contributed by atoms with E-state index in [1.54, 1.807) is 23.3 Å². The second-order valence-corrected chi connectivity index (χ2v) is 6.76. The number of nitrogens with zero attached hydrogens (tertiary/aromatic N) is 3. The second-order valence-electron chi connectivity index (χ2n) is 6.76. The Morgan fingerprint density at radius 1 is 1.48 bits per heavy atom.